The molecule has 148 valence electrons. The highest BCUT2D eigenvalue weighted by Gasteiger charge is 2.06. The number of benzene rings is 1. The van der Waals surface area contributed by atoms with E-state index in [0.29, 0.717) is 17.2 Å². The van der Waals surface area contributed by atoms with Gasteiger partial charge in [-0.1, -0.05) is 25.3 Å². The van der Waals surface area contributed by atoms with E-state index in [0.717, 1.165) is 33.3 Å². The standard InChI is InChI=1S/C22H25N7/c1-14(17-7-8-21(26-11-17)15(2)25-3)28-22-10-19-9-16(20(23)13-29(4)24)5-6-18(19)12-27-22/h5-13,25H,1-2,23-24H2,3-4H3,(H,27,28)/b20-13-. The molecule has 0 aliphatic carbocycles. The summed E-state index contributed by atoms with van der Waals surface area (Å²) in [5, 5.41) is 9.66. The maximum Gasteiger partial charge on any atom is 0.130 e. The second-order valence-corrected chi connectivity index (χ2v) is 6.65. The van der Waals surface area contributed by atoms with E-state index in [1.54, 1.807) is 19.4 Å². The Hall–Kier alpha value is -3.84. The van der Waals surface area contributed by atoms with Gasteiger partial charge in [0.15, 0.2) is 0 Å². The zero-order chi connectivity index (χ0) is 21.0. The van der Waals surface area contributed by atoms with Crippen molar-refractivity contribution >= 4 is 33.7 Å². The maximum atomic E-state index is 6.10. The van der Waals surface area contributed by atoms with Crippen LogP contribution in [0, 0.1) is 0 Å². The summed E-state index contributed by atoms with van der Waals surface area (Å²) in [5.74, 6) is 6.33. The molecule has 0 atom stereocenters. The number of hydrogen-bond acceptors (Lipinski definition) is 7. The molecule has 1 aromatic carbocycles. The molecule has 0 radical (unpaired) electrons. The molecule has 0 unspecified atom stereocenters. The number of nitrogens with one attached hydrogen (secondary N) is 2. The third-order valence-electron chi connectivity index (χ3n) is 4.40. The Kier molecular flexibility index (Phi) is 5.80. The highest BCUT2D eigenvalue weighted by molar-refractivity contribution is 5.88. The molecule has 7 nitrogen and oxygen atoms in total. The van der Waals surface area contributed by atoms with Gasteiger partial charge in [-0.3, -0.25) is 4.98 Å². The summed E-state index contributed by atoms with van der Waals surface area (Å²) in [5.41, 5.74) is 10.7. The quantitative estimate of drug-likeness (QED) is 0.365. The Morgan fingerprint density at radius 1 is 1.00 bits per heavy atom. The highest BCUT2D eigenvalue weighted by Crippen LogP contribution is 2.23. The maximum absolute atomic E-state index is 6.10. The van der Waals surface area contributed by atoms with E-state index in [-0.39, 0.29) is 0 Å². The number of nitrogens with zero attached hydrogens (tertiary/aromatic N) is 3. The fourth-order valence-corrected chi connectivity index (χ4v) is 2.79. The normalized spacial score (nSPS) is 11.2. The lowest BCUT2D eigenvalue weighted by Gasteiger charge is -2.12. The minimum absolute atomic E-state index is 0.585. The Morgan fingerprint density at radius 3 is 2.41 bits per heavy atom. The number of fused-ring (bicyclic) bond motifs is 1. The average Bonchev–Trinajstić information content (AvgIpc) is 2.72. The molecule has 0 aliphatic rings. The predicted octanol–water partition coefficient (Wildman–Crippen LogP) is 2.97. The first kappa shape index (κ1) is 19.9. The van der Waals surface area contributed by atoms with Crippen LogP contribution >= 0.6 is 0 Å². The summed E-state index contributed by atoms with van der Waals surface area (Å²) in [6, 6.07) is 11.7. The molecule has 3 aromatic rings. The summed E-state index contributed by atoms with van der Waals surface area (Å²) in [7, 11) is 3.54. The highest BCUT2D eigenvalue weighted by atomic mass is 15.4. The van der Waals surface area contributed by atoms with Crippen molar-refractivity contribution in [3.63, 3.8) is 0 Å². The van der Waals surface area contributed by atoms with Crippen molar-refractivity contribution in [3.8, 4) is 0 Å². The zero-order valence-electron chi connectivity index (χ0n) is 16.6. The molecular weight excluding hydrogens is 362 g/mol. The van der Waals surface area contributed by atoms with Crippen LogP contribution in [-0.2, 0) is 0 Å². The Bertz CT molecular complexity index is 1080. The molecule has 0 spiro atoms. The van der Waals surface area contributed by atoms with Gasteiger partial charge in [-0.2, -0.15) is 0 Å². The largest absolute Gasteiger partial charge is 0.397 e. The van der Waals surface area contributed by atoms with Gasteiger partial charge in [0.2, 0.25) is 0 Å². The van der Waals surface area contributed by atoms with Crippen molar-refractivity contribution in [3.05, 3.63) is 85.0 Å². The second-order valence-electron chi connectivity index (χ2n) is 6.65. The third-order valence-corrected chi connectivity index (χ3v) is 4.40. The molecule has 29 heavy (non-hydrogen) atoms. The average molecular weight is 387 g/mol. The van der Waals surface area contributed by atoms with Gasteiger partial charge < -0.3 is 21.4 Å². The van der Waals surface area contributed by atoms with Crippen molar-refractivity contribution < 1.29 is 0 Å². The van der Waals surface area contributed by atoms with Crippen LogP contribution in [0.15, 0.2) is 68.1 Å². The number of anilines is 1. The van der Waals surface area contributed by atoms with Gasteiger partial charge in [0.05, 0.1) is 17.1 Å². The monoisotopic (exact) mass is 387 g/mol. The number of rotatable bonds is 7. The van der Waals surface area contributed by atoms with Crippen LogP contribution in [0.1, 0.15) is 16.8 Å². The lowest BCUT2D eigenvalue weighted by Crippen LogP contribution is -2.20. The lowest BCUT2D eigenvalue weighted by atomic mass is 10.1. The van der Waals surface area contributed by atoms with E-state index in [2.05, 4.69) is 33.8 Å². The van der Waals surface area contributed by atoms with Crippen LogP contribution in [0.4, 0.5) is 5.82 Å². The topological polar surface area (TPSA) is 105 Å². The van der Waals surface area contributed by atoms with Gasteiger partial charge in [0.1, 0.15) is 5.82 Å². The Labute approximate surface area is 170 Å². The Morgan fingerprint density at radius 2 is 1.76 bits per heavy atom. The minimum Gasteiger partial charge on any atom is -0.397 e. The second kappa shape index (κ2) is 8.45. The Balaban J connectivity index is 1.82. The van der Waals surface area contributed by atoms with Crippen LogP contribution in [0.25, 0.3) is 27.9 Å². The number of pyridine rings is 2. The van der Waals surface area contributed by atoms with Crippen molar-refractivity contribution in [2.75, 3.05) is 19.4 Å². The number of nitrogens with two attached hydrogens (primary N) is 2. The van der Waals surface area contributed by atoms with Gasteiger partial charge in [0.25, 0.3) is 0 Å². The fourth-order valence-electron chi connectivity index (χ4n) is 2.79. The van der Waals surface area contributed by atoms with Gasteiger partial charge >= 0.3 is 0 Å². The first-order valence-corrected chi connectivity index (χ1v) is 9.02. The van der Waals surface area contributed by atoms with E-state index in [9.17, 15) is 0 Å². The number of aromatic nitrogens is 2. The molecule has 0 amide bonds. The van der Waals surface area contributed by atoms with Crippen molar-refractivity contribution in [1.29, 1.82) is 0 Å². The van der Waals surface area contributed by atoms with Gasteiger partial charge in [0, 0.05) is 49.3 Å². The molecule has 6 N–H and O–H groups in total. The van der Waals surface area contributed by atoms with Gasteiger partial charge in [-0.15, -0.1) is 0 Å². The number of hydrogen-bond donors (Lipinski definition) is 4. The van der Waals surface area contributed by atoms with E-state index < -0.39 is 0 Å². The molecule has 3 rings (SSSR count). The van der Waals surface area contributed by atoms with E-state index in [4.69, 9.17) is 11.6 Å². The van der Waals surface area contributed by atoms with Crippen molar-refractivity contribution in [2.45, 2.75) is 0 Å². The van der Waals surface area contributed by atoms with E-state index in [1.165, 1.54) is 5.01 Å². The SMILES string of the molecule is C=C(Nc1cc2cc(/C(N)=C/N(C)N)ccc2cn1)c1ccc(C(=C)NC)nc1. The molecule has 0 fully saturated rings. The summed E-state index contributed by atoms with van der Waals surface area (Å²) < 4.78 is 0. The van der Waals surface area contributed by atoms with Crippen LogP contribution in [-0.4, -0.2) is 29.1 Å². The van der Waals surface area contributed by atoms with Crippen LogP contribution < -0.4 is 22.2 Å². The molecule has 0 saturated carbocycles. The summed E-state index contributed by atoms with van der Waals surface area (Å²) in [4.78, 5) is 8.86. The molecule has 2 heterocycles. The van der Waals surface area contributed by atoms with Crippen LogP contribution in [0.5, 0.6) is 0 Å². The minimum atomic E-state index is 0.585. The van der Waals surface area contributed by atoms with Crippen LogP contribution in [0.2, 0.25) is 0 Å². The predicted molar refractivity (Wildman–Crippen MR) is 121 cm³/mol. The van der Waals surface area contributed by atoms with E-state index >= 15 is 0 Å². The molecule has 0 aliphatic heterocycles. The first-order chi connectivity index (χ1) is 13.9. The third kappa shape index (κ3) is 4.72. The molecular formula is C22H25N7. The first-order valence-electron chi connectivity index (χ1n) is 9.02. The number of hydrazine groups is 1. The summed E-state index contributed by atoms with van der Waals surface area (Å²) in [6.45, 7) is 8.00. The van der Waals surface area contributed by atoms with Crippen LogP contribution in [0.3, 0.4) is 0 Å². The summed E-state index contributed by atoms with van der Waals surface area (Å²) >= 11 is 0. The fraction of sp³-hybridized carbons (Fsp3) is 0.0909. The summed E-state index contributed by atoms with van der Waals surface area (Å²) in [6.07, 6.45) is 5.23. The zero-order valence-corrected chi connectivity index (χ0v) is 16.6. The van der Waals surface area contributed by atoms with Crippen molar-refractivity contribution in [1.82, 2.24) is 20.3 Å². The lowest BCUT2D eigenvalue weighted by molar-refractivity contribution is 0.486. The molecule has 0 bridgehead atoms. The smallest absolute Gasteiger partial charge is 0.130 e. The molecule has 2 aromatic heterocycles. The molecule has 0 saturated heterocycles. The van der Waals surface area contributed by atoms with Crippen molar-refractivity contribution in [2.24, 2.45) is 11.6 Å². The van der Waals surface area contributed by atoms with E-state index in [1.807, 2.05) is 49.6 Å². The molecule has 7 heteroatoms. The van der Waals surface area contributed by atoms with Gasteiger partial charge in [-0.25, -0.2) is 10.8 Å². The van der Waals surface area contributed by atoms with Gasteiger partial charge in [-0.05, 0) is 35.2 Å².